The Morgan fingerprint density at radius 3 is 1.87 bits per heavy atom. The molecule has 0 aromatic carbocycles. The molecule has 0 saturated carbocycles. The topological polar surface area (TPSA) is 90.0 Å². The zero-order chi connectivity index (χ0) is 23.0. The minimum Gasteiger partial charge on any atom is -0.478 e. The van der Waals surface area contributed by atoms with Gasteiger partial charge in [-0.15, -0.1) is 0 Å². The first-order valence-corrected chi connectivity index (χ1v) is 10.5. The van der Waals surface area contributed by atoms with Gasteiger partial charge >= 0.3 is 5.97 Å². The van der Waals surface area contributed by atoms with Crippen molar-refractivity contribution in [3.63, 3.8) is 0 Å². The molecule has 1 aliphatic rings. The fourth-order valence-electron chi connectivity index (χ4n) is 2.55. The number of nitrogens with zero attached hydrogens (tertiary/aromatic N) is 2. The molecule has 1 rings (SSSR count). The van der Waals surface area contributed by atoms with Crippen LogP contribution in [0.5, 0.6) is 0 Å². The predicted molar refractivity (Wildman–Crippen MR) is 125 cm³/mol. The van der Waals surface area contributed by atoms with Crippen molar-refractivity contribution in [1.29, 1.82) is 0 Å². The number of amides is 2. The number of hydrogen-bond acceptors (Lipinski definition) is 4. The van der Waals surface area contributed by atoms with E-state index in [1.165, 1.54) is 44.2 Å². The fraction of sp³-hybridized carbons (Fsp3) is 0.783. The Bertz CT molecular complexity index is 496. The second kappa shape index (κ2) is 19.1. The first-order chi connectivity index (χ1) is 13.4. The van der Waals surface area contributed by atoms with E-state index < -0.39 is 5.97 Å². The number of piperidine rings is 1. The molecule has 7 heteroatoms. The second-order valence-corrected chi connectivity index (χ2v) is 8.49. The molecule has 1 atom stereocenters. The highest BCUT2D eigenvalue weighted by Gasteiger charge is 2.21. The molecule has 0 radical (unpaired) electrons. The molecular weight excluding hydrogens is 382 g/mol. The number of rotatable bonds is 7. The number of carboxylic acid groups (broad SMARTS) is 1. The molecule has 0 bridgehead atoms. The zero-order valence-electron chi connectivity index (χ0n) is 19.7. The minimum absolute atomic E-state index is 0. The molecule has 7 nitrogen and oxygen atoms in total. The fourth-order valence-corrected chi connectivity index (χ4v) is 2.55. The Hall–Kier alpha value is -1.89. The van der Waals surface area contributed by atoms with E-state index in [4.69, 9.17) is 5.11 Å². The smallest absolute Gasteiger partial charge is 0.331 e. The van der Waals surface area contributed by atoms with E-state index in [2.05, 4.69) is 38.0 Å². The van der Waals surface area contributed by atoms with Crippen LogP contribution in [0.4, 0.5) is 0 Å². The average Bonchev–Trinajstić information content (AvgIpc) is 2.63. The van der Waals surface area contributed by atoms with Crippen molar-refractivity contribution in [3.05, 3.63) is 11.6 Å². The number of likely N-dealkylation sites (tertiary alicyclic amines) is 1. The summed E-state index contributed by atoms with van der Waals surface area (Å²) in [7, 11) is 3.78. The van der Waals surface area contributed by atoms with E-state index in [-0.39, 0.29) is 37.4 Å². The van der Waals surface area contributed by atoms with Crippen molar-refractivity contribution >= 4 is 18.3 Å². The number of hydrogen-bond donors (Lipinski definition) is 2. The Kier molecular flexibility index (Phi) is 20.9. The average molecular weight is 430 g/mol. The van der Waals surface area contributed by atoms with Crippen molar-refractivity contribution in [1.82, 2.24) is 15.1 Å². The van der Waals surface area contributed by atoms with Crippen LogP contribution in [-0.4, -0.2) is 73.0 Å². The van der Waals surface area contributed by atoms with E-state index in [9.17, 15) is 14.4 Å². The summed E-state index contributed by atoms with van der Waals surface area (Å²) >= 11 is 0. The van der Waals surface area contributed by atoms with E-state index in [0.717, 1.165) is 5.92 Å². The van der Waals surface area contributed by atoms with E-state index in [1.807, 2.05) is 13.8 Å². The SMILES string of the molecule is C.C/C(=C\[C@H](C(C)C)N(C)C(=O)CNC=O)C(=O)O.CC(C)C.CN1CCCCC1. The third-order valence-electron chi connectivity index (χ3n) is 4.20. The molecule has 0 unspecified atom stereocenters. The summed E-state index contributed by atoms with van der Waals surface area (Å²) in [6.45, 7) is 14.3. The Morgan fingerprint density at radius 2 is 1.57 bits per heavy atom. The number of aliphatic carboxylic acids is 1. The first kappa shape index (κ1) is 32.8. The molecule has 1 saturated heterocycles. The summed E-state index contributed by atoms with van der Waals surface area (Å²) in [6.07, 6.45) is 6.28. The minimum atomic E-state index is -1.01. The highest BCUT2D eigenvalue weighted by molar-refractivity contribution is 5.86. The lowest BCUT2D eigenvalue weighted by Crippen LogP contribution is -2.43. The molecule has 2 amide bonds. The molecule has 1 fully saturated rings. The third kappa shape index (κ3) is 18.2. The predicted octanol–water partition coefficient (Wildman–Crippen LogP) is 3.65. The van der Waals surface area contributed by atoms with Gasteiger partial charge in [-0.25, -0.2) is 4.79 Å². The monoisotopic (exact) mass is 429 g/mol. The molecule has 0 aromatic heterocycles. The van der Waals surface area contributed by atoms with Gasteiger partial charge in [-0.2, -0.15) is 0 Å². The van der Waals surface area contributed by atoms with Crippen molar-refractivity contribution in [2.75, 3.05) is 33.7 Å². The Labute approximate surface area is 184 Å². The highest BCUT2D eigenvalue weighted by atomic mass is 16.4. The maximum absolute atomic E-state index is 11.7. The van der Waals surface area contributed by atoms with Crippen LogP contribution in [0.1, 0.15) is 68.2 Å². The lowest BCUT2D eigenvalue weighted by Gasteiger charge is -2.29. The van der Waals surface area contributed by atoms with Crippen molar-refractivity contribution < 1.29 is 19.5 Å². The second-order valence-electron chi connectivity index (χ2n) is 8.49. The van der Waals surface area contributed by atoms with Gasteiger partial charge in [0.1, 0.15) is 0 Å². The summed E-state index contributed by atoms with van der Waals surface area (Å²) in [5, 5.41) is 11.1. The van der Waals surface area contributed by atoms with Crippen LogP contribution >= 0.6 is 0 Å². The largest absolute Gasteiger partial charge is 0.478 e. The van der Waals surface area contributed by atoms with Crippen LogP contribution in [-0.2, 0) is 14.4 Å². The summed E-state index contributed by atoms with van der Waals surface area (Å²) in [6, 6.07) is -0.318. The quantitative estimate of drug-likeness (QED) is 0.476. The molecule has 2 N–H and O–H groups in total. The highest BCUT2D eigenvalue weighted by Crippen LogP contribution is 2.13. The van der Waals surface area contributed by atoms with E-state index in [0.29, 0.717) is 6.41 Å². The lowest BCUT2D eigenvalue weighted by atomic mass is 10.00. The maximum Gasteiger partial charge on any atom is 0.331 e. The van der Waals surface area contributed by atoms with E-state index >= 15 is 0 Å². The van der Waals surface area contributed by atoms with Crippen LogP contribution in [0.15, 0.2) is 11.6 Å². The van der Waals surface area contributed by atoms with Crippen molar-refractivity contribution in [2.45, 2.75) is 74.3 Å². The molecule has 0 aliphatic carbocycles. The van der Waals surface area contributed by atoms with Gasteiger partial charge in [-0.05, 0) is 51.7 Å². The molecule has 30 heavy (non-hydrogen) atoms. The summed E-state index contributed by atoms with van der Waals surface area (Å²) in [5.41, 5.74) is 0.191. The van der Waals surface area contributed by atoms with Gasteiger partial charge in [-0.3, -0.25) is 9.59 Å². The number of likely N-dealkylation sites (N-methyl/N-ethyl adjacent to an activating group) is 1. The lowest BCUT2D eigenvalue weighted by molar-refractivity contribution is -0.133. The van der Waals surface area contributed by atoms with Gasteiger partial charge in [0.25, 0.3) is 0 Å². The Morgan fingerprint density at radius 1 is 1.10 bits per heavy atom. The van der Waals surface area contributed by atoms with Gasteiger partial charge in [0.15, 0.2) is 0 Å². The van der Waals surface area contributed by atoms with Crippen LogP contribution in [0.25, 0.3) is 0 Å². The summed E-state index contributed by atoms with van der Waals surface area (Å²) < 4.78 is 0. The number of nitrogens with one attached hydrogen (secondary N) is 1. The van der Waals surface area contributed by atoms with Gasteiger partial charge in [-0.1, -0.05) is 54.5 Å². The molecule has 0 spiro atoms. The van der Waals surface area contributed by atoms with Gasteiger partial charge in [0.05, 0.1) is 12.6 Å². The third-order valence-corrected chi connectivity index (χ3v) is 4.20. The molecule has 178 valence electrons. The normalized spacial score (nSPS) is 14.9. The van der Waals surface area contributed by atoms with Crippen molar-refractivity contribution in [3.8, 4) is 0 Å². The van der Waals surface area contributed by atoms with Gasteiger partial charge in [0, 0.05) is 12.6 Å². The standard InChI is InChI=1S/C12H20N2O4.C6H13N.C4H10.CH4/c1-8(2)10(5-9(3)12(17)18)14(4)11(16)6-13-7-15;1-7-5-3-2-4-6-7;1-4(2)3;/h5,7-8,10H,6H2,1-4H3,(H,13,15)(H,17,18);2-6H2,1H3;4H,1-3H3;1H4/b9-5+;;;/t10-;;;/m1.../s1. The molecular formula is C23H47N3O4. The van der Waals surface area contributed by atoms with Crippen molar-refractivity contribution in [2.24, 2.45) is 11.8 Å². The summed E-state index contributed by atoms with van der Waals surface area (Å²) in [4.78, 5) is 36.5. The molecule has 0 aromatic rings. The zero-order valence-corrected chi connectivity index (χ0v) is 19.7. The summed E-state index contributed by atoms with van der Waals surface area (Å²) in [5.74, 6) is -0.368. The number of carbonyl (C=O) groups excluding carboxylic acids is 2. The maximum atomic E-state index is 11.7. The Balaban J connectivity index is -0.000000496. The number of carboxylic acids is 1. The van der Waals surface area contributed by atoms with Crippen LogP contribution < -0.4 is 5.32 Å². The van der Waals surface area contributed by atoms with Gasteiger partial charge in [0.2, 0.25) is 12.3 Å². The van der Waals surface area contributed by atoms with Crippen LogP contribution in [0, 0.1) is 11.8 Å². The molecule has 1 aliphatic heterocycles. The van der Waals surface area contributed by atoms with Crippen LogP contribution in [0.2, 0.25) is 0 Å². The van der Waals surface area contributed by atoms with Gasteiger partial charge < -0.3 is 20.2 Å². The number of carbonyl (C=O) groups is 3. The van der Waals surface area contributed by atoms with Crippen LogP contribution in [0.3, 0.4) is 0 Å². The first-order valence-electron chi connectivity index (χ1n) is 10.5. The molecule has 1 heterocycles. The van der Waals surface area contributed by atoms with E-state index in [1.54, 1.807) is 13.1 Å².